The minimum atomic E-state index is -0.371. The van der Waals surface area contributed by atoms with Crippen LogP contribution in [0.15, 0.2) is 78.4 Å². The van der Waals surface area contributed by atoms with Gasteiger partial charge in [-0.15, -0.1) is 11.3 Å². The van der Waals surface area contributed by atoms with Crippen molar-refractivity contribution in [3.05, 3.63) is 105 Å². The lowest BCUT2D eigenvalue weighted by atomic mass is 10.1. The van der Waals surface area contributed by atoms with Crippen LogP contribution in [0.25, 0.3) is 32.7 Å². The normalized spacial score (nSPS) is 12.9. The molecule has 0 spiro atoms. The lowest BCUT2D eigenvalue weighted by Gasteiger charge is -2.08. The molecule has 0 unspecified atom stereocenters. The van der Waals surface area contributed by atoms with Gasteiger partial charge in [0.25, 0.3) is 0 Å². The van der Waals surface area contributed by atoms with Crippen molar-refractivity contribution in [2.75, 3.05) is 7.11 Å². The molecule has 1 aliphatic rings. The molecule has 0 amide bonds. The van der Waals surface area contributed by atoms with Crippen LogP contribution in [0.2, 0.25) is 10.0 Å². The van der Waals surface area contributed by atoms with Crippen molar-refractivity contribution in [2.45, 2.75) is 0 Å². The topological polar surface area (TPSA) is 61.2 Å². The first-order valence-corrected chi connectivity index (χ1v) is 12.5. The average molecular weight is 531 g/mol. The van der Waals surface area contributed by atoms with E-state index < -0.39 is 0 Å². The van der Waals surface area contributed by atoms with Crippen molar-refractivity contribution >= 4 is 62.5 Å². The Kier molecular flexibility index (Phi) is 5.52. The maximum absolute atomic E-state index is 13.1. The van der Waals surface area contributed by atoms with Crippen LogP contribution in [0.3, 0.4) is 0 Å². The Balaban J connectivity index is 1.50. The molecular weight excluding hydrogens is 515 g/mol. The zero-order valence-electron chi connectivity index (χ0n) is 18.8. The number of aromatic nitrogens is 2. The Hall–Kier alpha value is -3.71. The number of thiazole rings is 1. The van der Waals surface area contributed by atoms with Gasteiger partial charge in [0.1, 0.15) is 10.8 Å². The molecule has 6 rings (SSSR count). The molecular formula is C28H16Cl2N2O3S. The molecule has 0 bridgehead atoms. The van der Waals surface area contributed by atoms with Crippen molar-refractivity contribution in [3.63, 3.8) is 0 Å². The fourth-order valence-corrected chi connectivity index (χ4v) is 5.64. The third kappa shape index (κ3) is 3.66. The summed E-state index contributed by atoms with van der Waals surface area (Å²) in [4.78, 5) is 31.2. The summed E-state index contributed by atoms with van der Waals surface area (Å²) in [7, 11) is 1.63. The van der Waals surface area contributed by atoms with Gasteiger partial charge in [0.05, 0.1) is 33.1 Å². The van der Waals surface area contributed by atoms with Gasteiger partial charge in [0.2, 0.25) is 0 Å². The molecule has 0 saturated carbocycles. The monoisotopic (exact) mass is 530 g/mol. The number of rotatable bonds is 4. The summed E-state index contributed by atoms with van der Waals surface area (Å²) in [6, 6.07) is 22.3. The fourth-order valence-electron chi connectivity index (χ4n) is 4.31. The van der Waals surface area contributed by atoms with Crippen LogP contribution in [0.1, 0.15) is 26.4 Å². The first kappa shape index (κ1) is 22.7. The highest BCUT2D eigenvalue weighted by Gasteiger charge is 2.34. The number of benzene rings is 3. The Bertz CT molecular complexity index is 1670. The van der Waals surface area contributed by atoms with Crippen molar-refractivity contribution < 1.29 is 14.3 Å². The van der Waals surface area contributed by atoms with Crippen LogP contribution in [-0.4, -0.2) is 28.2 Å². The number of hydrogen-bond acceptors (Lipinski definition) is 5. The molecule has 8 heteroatoms. The Morgan fingerprint density at radius 3 is 2.14 bits per heavy atom. The van der Waals surface area contributed by atoms with E-state index in [4.69, 9.17) is 32.9 Å². The van der Waals surface area contributed by atoms with E-state index in [0.717, 1.165) is 32.4 Å². The molecule has 0 radical (unpaired) electrons. The van der Waals surface area contributed by atoms with Crippen molar-refractivity contribution in [1.29, 1.82) is 0 Å². The number of methoxy groups -OCH3 is 1. The predicted octanol–water partition coefficient (Wildman–Crippen LogP) is 7.53. The zero-order chi connectivity index (χ0) is 25.0. The summed E-state index contributed by atoms with van der Waals surface area (Å²) >= 11 is 13.8. The number of ether oxygens (including phenoxy) is 1. The largest absolute Gasteiger partial charge is 0.497 e. The molecule has 0 saturated heterocycles. The highest BCUT2D eigenvalue weighted by molar-refractivity contribution is 7.21. The molecule has 0 fully saturated rings. The molecule has 3 aromatic carbocycles. The maximum Gasteiger partial charge on any atom is 0.197 e. The molecule has 5 nitrogen and oxygen atoms in total. The molecule has 0 aliphatic heterocycles. The van der Waals surface area contributed by atoms with Crippen LogP contribution in [0, 0.1) is 0 Å². The first-order valence-electron chi connectivity index (χ1n) is 11.0. The second kappa shape index (κ2) is 8.75. The molecule has 0 N–H and O–H groups in total. The van der Waals surface area contributed by atoms with E-state index >= 15 is 0 Å². The lowest BCUT2D eigenvalue weighted by Crippen LogP contribution is -2.03. The van der Waals surface area contributed by atoms with Gasteiger partial charge in [-0.2, -0.15) is 0 Å². The Morgan fingerprint density at radius 1 is 0.889 bits per heavy atom. The third-order valence-electron chi connectivity index (χ3n) is 6.07. The number of nitrogens with zero attached hydrogens (tertiary/aromatic N) is 2. The smallest absolute Gasteiger partial charge is 0.197 e. The number of carbonyl (C=O) groups excluding carboxylic acids is 2. The molecule has 5 aromatic rings. The average Bonchev–Trinajstić information content (AvgIpc) is 3.52. The number of Topliss-reactive ketones (excluding diaryl/α,β-unsaturated/α-hetero) is 2. The van der Waals surface area contributed by atoms with Gasteiger partial charge >= 0.3 is 0 Å². The van der Waals surface area contributed by atoms with Crippen molar-refractivity contribution in [2.24, 2.45) is 0 Å². The quantitative estimate of drug-likeness (QED) is 0.178. The summed E-state index contributed by atoms with van der Waals surface area (Å²) in [6.45, 7) is 0. The molecule has 176 valence electrons. The van der Waals surface area contributed by atoms with E-state index in [1.54, 1.807) is 13.2 Å². The van der Waals surface area contributed by atoms with E-state index in [2.05, 4.69) is 0 Å². The van der Waals surface area contributed by atoms with E-state index in [-0.39, 0.29) is 38.3 Å². The van der Waals surface area contributed by atoms with Gasteiger partial charge in [-0.3, -0.25) is 14.2 Å². The number of para-hydroxylation sites is 1. The number of ketones is 2. The van der Waals surface area contributed by atoms with Crippen LogP contribution in [-0.2, 0) is 0 Å². The van der Waals surface area contributed by atoms with Crippen LogP contribution in [0.5, 0.6) is 5.75 Å². The molecule has 36 heavy (non-hydrogen) atoms. The van der Waals surface area contributed by atoms with E-state index in [9.17, 15) is 9.59 Å². The van der Waals surface area contributed by atoms with Crippen molar-refractivity contribution in [3.8, 4) is 22.0 Å². The Morgan fingerprint density at radius 2 is 1.53 bits per heavy atom. The third-order valence-corrected chi connectivity index (χ3v) is 7.83. The van der Waals surface area contributed by atoms with Gasteiger partial charge in [0.15, 0.2) is 17.2 Å². The molecule has 0 atom stereocenters. The van der Waals surface area contributed by atoms with Crippen LogP contribution < -0.4 is 4.74 Å². The summed E-state index contributed by atoms with van der Waals surface area (Å²) in [5.41, 5.74) is 3.86. The van der Waals surface area contributed by atoms with Gasteiger partial charge < -0.3 is 4.74 Å². The maximum atomic E-state index is 13.1. The number of allylic oxidation sites excluding steroid dienone is 1. The number of hydrogen-bond donors (Lipinski definition) is 0. The van der Waals surface area contributed by atoms with Gasteiger partial charge in [-0.05, 0) is 60.7 Å². The first-order chi connectivity index (χ1) is 17.4. The lowest BCUT2D eigenvalue weighted by molar-refractivity contribution is 0.0990. The minimum absolute atomic E-state index is 0.0704. The van der Waals surface area contributed by atoms with Gasteiger partial charge in [0, 0.05) is 22.4 Å². The van der Waals surface area contributed by atoms with E-state index in [1.165, 1.54) is 23.5 Å². The van der Waals surface area contributed by atoms with Crippen LogP contribution in [0.4, 0.5) is 0 Å². The van der Waals surface area contributed by atoms with Crippen LogP contribution >= 0.6 is 34.5 Å². The highest BCUT2D eigenvalue weighted by atomic mass is 35.5. The van der Waals surface area contributed by atoms with Gasteiger partial charge in [-0.25, -0.2) is 4.98 Å². The minimum Gasteiger partial charge on any atom is -0.497 e. The Labute approximate surface area is 220 Å². The SMILES string of the molecule is COc1ccc(-c2nc3c(cc(C=C4C(=O)c5cc(Cl)c(Cl)cc5C4=O)n3-c3ccccc3)s2)cc1. The molecule has 1 aliphatic carbocycles. The molecule has 2 heterocycles. The molecule has 2 aromatic heterocycles. The second-order valence-electron chi connectivity index (χ2n) is 8.20. The number of fused-ring (bicyclic) bond motifs is 2. The fraction of sp³-hybridized carbons (Fsp3) is 0.0357. The van der Waals surface area contributed by atoms with Gasteiger partial charge in [-0.1, -0.05) is 41.4 Å². The second-order valence-corrected chi connectivity index (χ2v) is 10.0. The summed E-state index contributed by atoms with van der Waals surface area (Å²) in [5, 5.41) is 1.33. The predicted molar refractivity (Wildman–Crippen MR) is 144 cm³/mol. The zero-order valence-corrected chi connectivity index (χ0v) is 21.1. The summed E-state index contributed by atoms with van der Waals surface area (Å²) < 4.78 is 8.14. The van der Waals surface area contributed by atoms with Crippen molar-refractivity contribution in [1.82, 2.24) is 9.55 Å². The number of halogens is 2. The summed E-state index contributed by atoms with van der Waals surface area (Å²) in [5.74, 6) is 0.0336. The summed E-state index contributed by atoms with van der Waals surface area (Å²) in [6.07, 6.45) is 1.63. The standard InChI is InChI=1S/C28H16Cl2N2O3S/c1-35-18-9-7-15(8-10-18)28-31-27-24(36-28)12-17(32(27)16-5-3-2-4-6-16)11-21-25(33)19-13-22(29)23(30)14-20(19)26(21)34/h2-14H,1H3. The number of carbonyl (C=O) groups is 2. The highest BCUT2D eigenvalue weighted by Crippen LogP contribution is 2.38. The van der Waals surface area contributed by atoms with E-state index in [1.807, 2.05) is 65.2 Å². The van der Waals surface area contributed by atoms with E-state index in [0.29, 0.717) is 5.69 Å².